The van der Waals surface area contributed by atoms with Crippen LogP contribution < -0.4 is 4.74 Å². The molecule has 0 N–H and O–H groups in total. The molecule has 0 saturated carbocycles. The zero-order chi connectivity index (χ0) is 18.5. The topological polar surface area (TPSA) is 57.0 Å². The second kappa shape index (κ2) is 8.19. The van der Waals surface area contributed by atoms with Crippen molar-refractivity contribution in [2.24, 2.45) is 0 Å². The fraction of sp³-hybridized carbons (Fsp3) is 0.250. The second-order valence-corrected chi connectivity index (χ2v) is 6.82. The highest BCUT2D eigenvalue weighted by molar-refractivity contribution is 7.99. The first-order chi connectivity index (χ1) is 12.6. The molecule has 2 aromatic carbocycles. The van der Waals surface area contributed by atoms with E-state index in [4.69, 9.17) is 4.74 Å². The Morgan fingerprint density at radius 1 is 1.12 bits per heavy atom. The Morgan fingerprint density at radius 2 is 1.88 bits per heavy atom. The number of benzene rings is 2. The number of rotatable bonds is 7. The summed E-state index contributed by atoms with van der Waals surface area (Å²) in [6.07, 6.45) is 0. The van der Waals surface area contributed by atoms with Gasteiger partial charge in [-0.1, -0.05) is 23.9 Å². The molecule has 0 aliphatic rings. The largest absolute Gasteiger partial charge is 0.494 e. The molecule has 3 rings (SSSR count). The summed E-state index contributed by atoms with van der Waals surface area (Å²) in [5, 5.41) is 9.11. The van der Waals surface area contributed by atoms with Crippen LogP contribution in [0.2, 0.25) is 0 Å². The van der Waals surface area contributed by atoms with Gasteiger partial charge < -0.3 is 4.74 Å². The lowest BCUT2D eigenvalue weighted by atomic mass is 10.1. The maximum Gasteiger partial charge on any atom is 0.196 e. The number of carbonyl (C=O) groups is 1. The summed E-state index contributed by atoms with van der Waals surface area (Å²) >= 11 is 1.39. The molecule has 134 valence electrons. The van der Waals surface area contributed by atoms with Crippen LogP contribution in [0.5, 0.6) is 5.75 Å². The van der Waals surface area contributed by atoms with E-state index in [1.54, 1.807) is 12.1 Å². The summed E-state index contributed by atoms with van der Waals surface area (Å²) in [5.74, 6) is 1.92. The average Bonchev–Trinajstić information content (AvgIpc) is 3.01. The molecule has 0 aliphatic carbocycles. The average molecular weight is 367 g/mol. The van der Waals surface area contributed by atoms with Gasteiger partial charge in [-0.25, -0.2) is 0 Å². The number of ether oxygens (including phenoxy) is 1. The van der Waals surface area contributed by atoms with Crippen molar-refractivity contribution in [2.45, 2.75) is 25.9 Å². The molecule has 1 aromatic heterocycles. The number of carbonyl (C=O) groups excluding carboxylic acids is 1. The third-order valence-electron chi connectivity index (χ3n) is 3.87. The number of Topliss-reactive ketones (excluding diaryl/α,β-unsaturated/α-hetero) is 1. The van der Waals surface area contributed by atoms with E-state index in [0.29, 0.717) is 23.1 Å². The predicted octanol–water partition coefficient (Wildman–Crippen LogP) is 4.26. The smallest absolute Gasteiger partial charge is 0.196 e. The molecule has 0 unspecified atom stereocenters. The first-order valence-corrected chi connectivity index (χ1v) is 9.45. The maximum atomic E-state index is 12.5. The van der Waals surface area contributed by atoms with Gasteiger partial charge in [0.15, 0.2) is 10.9 Å². The highest BCUT2D eigenvalue weighted by Crippen LogP contribution is 2.23. The Morgan fingerprint density at radius 3 is 2.58 bits per heavy atom. The molecule has 0 spiro atoms. The van der Waals surface area contributed by atoms with Gasteiger partial charge >= 0.3 is 0 Å². The van der Waals surface area contributed by atoms with Crippen molar-refractivity contribution in [2.75, 3.05) is 12.4 Å². The summed E-state index contributed by atoms with van der Waals surface area (Å²) in [6, 6.07) is 15.4. The van der Waals surface area contributed by atoms with Crippen LogP contribution in [0, 0.1) is 13.8 Å². The summed E-state index contributed by atoms with van der Waals surface area (Å²) < 4.78 is 7.38. The number of nitrogens with zero attached hydrogens (tertiary/aromatic N) is 3. The highest BCUT2D eigenvalue weighted by Gasteiger charge is 2.14. The minimum Gasteiger partial charge on any atom is -0.494 e. The maximum absolute atomic E-state index is 12.5. The molecule has 0 atom stereocenters. The van der Waals surface area contributed by atoms with E-state index in [-0.39, 0.29) is 5.78 Å². The standard InChI is InChI=1S/C20H21N3O2S/c1-4-25-18-10-8-16(9-11-18)19(24)13-26-20-22-21-15(3)23(20)17-7-5-6-14(2)12-17/h5-12H,4,13H2,1-3H3. The SMILES string of the molecule is CCOc1ccc(C(=O)CSc2nnc(C)n2-c2cccc(C)c2)cc1. The van der Waals surface area contributed by atoms with Crippen LogP contribution in [-0.4, -0.2) is 32.9 Å². The van der Waals surface area contributed by atoms with Crippen molar-refractivity contribution in [1.29, 1.82) is 0 Å². The molecule has 0 radical (unpaired) electrons. The molecule has 1 heterocycles. The van der Waals surface area contributed by atoms with Crippen LogP contribution in [0.25, 0.3) is 5.69 Å². The Kier molecular flexibility index (Phi) is 5.73. The molecule has 0 bridgehead atoms. The summed E-state index contributed by atoms with van der Waals surface area (Å²) in [4.78, 5) is 12.5. The van der Waals surface area contributed by atoms with Crippen LogP contribution in [0.15, 0.2) is 53.7 Å². The van der Waals surface area contributed by atoms with Crippen molar-refractivity contribution in [3.05, 3.63) is 65.5 Å². The summed E-state index contributed by atoms with van der Waals surface area (Å²) in [6.45, 7) is 6.50. The number of aryl methyl sites for hydroxylation is 2. The van der Waals surface area contributed by atoms with E-state index in [1.165, 1.54) is 11.8 Å². The van der Waals surface area contributed by atoms with E-state index >= 15 is 0 Å². The normalized spacial score (nSPS) is 10.7. The molecule has 6 heteroatoms. The highest BCUT2D eigenvalue weighted by atomic mass is 32.2. The van der Waals surface area contributed by atoms with Crippen LogP contribution in [0.4, 0.5) is 0 Å². The van der Waals surface area contributed by atoms with E-state index in [2.05, 4.69) is 16.3 Å². The van der Waals surface area contributed by atoms with Gasteiger partial charge in [-0.3, -0.25) is 9.36 Å². The molecule has 0 aliphatic heterocycles. The predicted molar refractivity (Wildman–Crippen MR) is 103 cm³/mol. The first kappa shape index (κ1) is 18.2. The Labute approximate surface area is 157 Å². The Hall–Kier alpha value is -2.60. The molecule has 0 amide bonds. The molecular formula is C20H21N3O2S. The molecule has 26 heavy (non-hydrogen) atoms. The van der Waals surface area contributed by atoms with E-state index in [9.17, 15) is 4.79 Å². The van der Waals surface area contributed by atoms with Gasteiger partial charge in [0.05, 0.1) is 12.4 Å². The van der Waals surface area contributed by atoms with E-state index in [0.717, 1.165) is 22.8 Å². The van der Waals surface area contributed by atoms with E-state index in [1.807, 2.05) is 55.7 Å². The minimum absolute atomic E-state index is 0.0505. The zero-order valence-electron chi connectivity index (χ0n) is 15.1. The van der Waals surface area contributed by atoms with E-state index < -0.39 is 0 Å². The van der Waals surface area contributed by atoms with Gasteiger partial charge in [0.1, 0.15) is 11.6 Å². The molecule has 3 aromatic rings. The van der Waals surface area contributed by atoms with Gasteiger partial charge in [-0.2, -0.15) is 0 Å². The lowest BCUT2D eigenvalue weighted by molar-refractivity contribution is 0.102. The zero-order valence-corrected chi connectivity index (χ0v) is 15.9. The van der Waals surface area contributed by atoms with Crippen molar-refractivity contribution in [1.82, 2.24) is 14.8 Å². The Balaban J connectivity index is 1.73. The lowest BCUT2D eigenvalue weighted by Gasteiger charge is -2.09. The monoisotopic (exact) mass is 367 g/mol. The van der Waals surface area contributed by atoms with Crippen LogP contribution >= 0.6 is 11.8 Å². The number of ketones is 1. The third-order valence-corrected chi connectivity index (χ3v) is 4.80. The van der Waals surface area contributed by atoms with Crippen LogP contribution in [0.1, 0.15) is 28.7 Å². The molecule has 0 saturated heterocycles. The minimum atomic E-state index is 0.0505. The van der Waals surface area contributed by atoms with Crippen molar-refractivity contribution < 1.29 is 9.53 Å². The van der Waals surface area contributed by atoms with Crippen molar-refractivity contribution in [3.63, 3.8) is 0 Å². The number of thioether (sulfide) groups is 1. The van der Waals surface area contributed by atoms with Crippen LogP contribution in [0.3, 0.4) is 0 Å². The first-order valence-electron chi connectivity index (χ1n) is 8.46. The van der Waals surface area contributed by atoms with Gasteiger partial charge in [0.2, 0.25) is 0 Å². The molecule has 5 nitrogen and oxygen atoms in total. The number of aromatic nitrogens is 3. The third kappa shape index (κ3) is 4.14. The van der Waals surface area contributed by atoms with Gasteiger partial charge in [-0.05, 0) is 62.7 Å². The fourth-order valence-corrected chi connectivity index (χ4v) is 3.51. The molecular weight excluding hydrogens is 346 g/mol. The van der Waals surface area contributed by atoms with Crippen LogP contribution in [-0.2, 0) is 0 Å². The molecule has 0 fully saturated rings. The second-order valence-electron chi connectivity index (χ2n) is 5.87. The summed E-state index contributed by atoms with van der Waals surface area (Å²) in [7, 11) is 0. The number of hydrogen-bond acceptors (Lipinski definition) is 5. The Bertz CT molecular complexity index is 904. The van der Waals surface area contributed by atoms with Gasteiger partial charge in [0, 0.05) is 11.3 Å². The lowest BCUT2D eigenvalue weighted by Crippen LogP contribution is -2.05. The van der Waals surface area contributed by atoms with Crippen molar-refractivity contribution >= 4 is 17.5 Å². The summed E-state index contributed by atoms with van der Waals surface area (Å²) in [5.41, 5.74) is 2.83. The van der Waals surface area contributed by atoms with Crippen molar-refractivity contribution in [3.8, 4) is 11.4 Å². The van der Waals surface area contributed by atoms with Gasteiger partial charge in [0.25, 0.3) is 0 Å². The number of hydrogen-bond donors (Lipinski definition) is 0. The fourth-order valence-electron chi connectivity index (χ4n) is 2.62. The van der Waals surface area contributed by atoms with Gasteiger partial charge in [-0.15, -0.1) is 10.2 Å². The quantitative estimate of drug-likeness (QED) is 0.461.